The lowest BCUT2D eigenvalue weighted by Crippen LogP contribution is -2.37. The molecule has 0 aromatic heterocycles. The maximum atomic E-state index is 13.4. The van der Waals surface area contributed by atoms with E-state index in [9.17, 15) is 31.5 Å². The minimum Gasteiger partial charge on any atom is -0.332 e. The Morgan fingerprint density at radius 2 is 1.56 bits per heavy atom. The lowest BCUT2D eigenvalue weighted by Gasteiger charge is -2.24. The van der Waals surface area contributed by atoms with Crippen molar-refractivity contribution in [3.05, 3.63) is 95.6 Å². The molecule has 11 heteroatoms. The van der Waals surface area contributed by atoms with Crippen LogP contribution in [0.3, 0.4) is 0 Å². The third-order valence-corrected chi connectivity index (χ3v) is 5.94. The van der Waals surface area contributed by atoms with Gasteiger partial charge < -0.3 is 10.2 Å². The highest BCUT2D eigenvalue weighted by Crippen LogP contribution is 2.34. The minimum absolute atomic E-state index is 0.00874. The highest BCUT2D eigenvalue weighted by atomic mass is 32.1. The fourth-order valence-electron chi connectivity index (χ4n) is 3.78. The predicted molar refractivity (Wildman–Crippen MR) is 127 cm³/mol. The molecule has 0 aliphatic carbocycles. The first-order chi connectivity index (χ1) is 17.0. The van der Waals surface area contributed by atoms with E-state index in [1.807, 2.05) is 0 Å². The summed E-state index contributed by atoms with van der Waals surface area (Å²) in [5.74, 6) is -2.24. The monoisotopic (exact) mass is 519 g/mol. The zero-order valence-electron chi connectivity index (χ0n) is 18.4. The van der Waals surface area contributed by atoms with Crippen molar-refractivity contribution in [2.24, 2.45) is 0 Å². The smallest absolute Gasteiger partial charge is 0.332 e. The predicted octanol–water partition coefficient (Wildman–Crippen LogP) is 5.51. The number of hydrogen-bond donors (Lipinski definition) is 1. The van der Waals surface area contributed by atoms with Crippen LogP contribution in [0.1, 0.15) is 17.5 Å². The van der Waals surface area contributed by atoms with Crippen LogP contribution in [-0.2, 0) is 22.3 Å². The van der Waals surface area contributed by atoms with Gasteiger partial charge in [0.1, 0.15) is 17.7 Å². The second kappa shape index (κ2) is 10.0. The van der Waals surface area contributed by atoms with Crippen LogP contribution in [0.5, 0.6) is 0 Å². The number of hydrogen-bond acceptors (Lipinski definition) is 3. The zero-order valence-corrected chi connectivity index (χ0v) is 19.2. The van der Waals surface area contributed by atoms with E-state index in [1.165, 1.54) is 47.4 Å². The van der Waals surface area contributed by atoms with Crippen molar-refractivity contribution in [3.63, 3.8) is 0 Å². The van der Waals surface area contributed by atoms with Gasteiger partial charge in [-0.1, -0.05) is 18.2 Å². The fraction of sp³-hybridized carbons (Fsp3) is 0.160. The number of halogens is 5. The van der Waals surface area contributed by atoms with E-state index in [0.29, 0.717) is 11.3 Å². The van der Waals surface area contributed by atoms with Crippen LogP contribution in [-0.4, -0.2) is 27.9 Å². The SMILES string of the molecule is O=C(CC1C(=O)N(c2cccc(C(F)(F)F)c2)C(=S)N1Cc1ccc(F)cc1)Nc1ccc(F)cc1. The van der Waals surface area contributed by atoms with Crippen molar-refractivity contribution < 1.29 is 31.5 Å². The van der Waals surface area contributed by atoms with Crippen LogP contribution in [0, 0.1) is 11.6 Å². The molecule has 1 unspecified atom stereocenters. The summed E-state index contributed by atoms with van der Waals surface area (Å²) in [6.07, 6.45) is -5.02. The average molecular weight is 519 g/mol. The molecule has 186 valence electrons. The molecular formula is C25H18F5N3O2S. The summed E-state index contributed by atoms with van der Waals surface area (Å²) in [7, 11) is 0. The van der Waals surface area contributed by atoms with Crippen molar-refractivity contribution in [2.45, 2.75) is 25.2 Å². The Hall–Kier alpha value is -3.86. The van der Waals surface area contributed by atoms with Crippen LogP contribution in [0.2, 0.25) is 0 Å². The minimum atomic E-state index is -4.64. The van der Waals surface area contributed by atoms with Gasteiger partial charge in [0.2, 0.25) is 5.91 Å². The van der Waals surface area contributed by atoms with Gasteiger partial charge in [0.15, 0.2) is 5.11 Å². The second-order valence-electron chi connectivity index (χ2n) is 8.03. The van der Waals surface area contributed by atoms with E-state index in [1.54, 1.807) is 0 Å². The molecule has 0 bridgehead atoms. The molecule has 1 saturated heterocycles. The molecule has 1 aliphatic rings. The van der Waals surface area contributed by atoms with Gasteiger partial charge in [0.25, 0.3) is 5.91 Å². The van der Waals surface area contributed by atoms with Gasteiger partial charge >= 0.3 is 6.18 Å². The largest absolute Gasteiger partial charge is 0.416 e. The lowest BCUT2D eigenvalue weighted by molar-refractivity contribution is -0.137. The number of alkyl halides is 3. The molecule has 3 aromatic carbocycles. The van der Waals surface area contributed by atoms with E-state index >= 15 is 0 Å². The Kier molecular flexibility index (Phi) is 7.02. The van der Waals surface area contributed by atoms with Crippen LogP contribution >= 0.6 is 12.2 Å². The Bertz CT molecular complexity index is 1300. The first kappa shape index (κ1) is 25.2. The number of rotatable bonds is 6. The number of carbonyl (C=O) groups excluding carboxylic acids is 2. The van der Waals surface area contributed by atoms with Gasteiger partial charge in [-0.2, -0.15) is 13.2 Å². The second-order valence-corrected chi connectivity index (χ2v) is 8.40. The van der Waals surface area contributed by atoms with Crippen LogP contribution in [0.4, 0.5) is 33.3 Å². The molecule has 1 heterocycles. The third-order valence-electron chi connectivity index (χ3n) is 5.52. The van der Waals surface area contributed by atoms with Crippen molar-refractivity contribution >= 4 is 40.5 Å². The average Bonchev–Trinajstić information content (AvgIpc) is 3.05. The molecule has 1 atom stereocenters. The quantitative estimate of drug-likeness (QED) is 0.345. The summed E-state index contributed by atoms with van der Waals surface area (Å²) in [5, 5.41) is 2.47. The maximum absolute atomic E-state index is 13.4. The molecule has 2 amide bonds. The summed E-state index contributed by atoms with van der Waals surface area (Å²) in [4.78, 5) is 28.5. The van der Waals surface area contributed by atoms with Gasteiger partial charge in [0, 0.05) is 12.2 Å². The number of thiocarbonyl (C=S) groups is 1. The van der Waals surface area contributed by atoms with E-state index in [2.05, 4.69) is 5.32 Å². The van der Waals surface area contributed by atoms with Gasteiger partial charge in [-0.3, -0.25) is 14.5 Å². The van der Waals surface area contributed by atoms with Crippen molar-refractivity contribution in [1.82, 2.24) is 4.90 Å². The van der Waals surface area contributed by atoms with E-state index in [-0.39, 0.29) is 23.8 Å². The Balaban J connectivity index is 1.63. The fourth-order valence-corrected chi connectivity index (χ4v) is 4.17. The molecule has 0 saturated carbocycles. The van der Waals surface area contributed by atoms with Gasteiger partial charge in [-0.15, -0.1) is 0 Å². The van der Waals surface area contributed by atoms with Crippen molar-refractivity contribution in [2.75, 3.05) is 10.2 Å². The van der Waals surface area contributed by atoms with Crippen LogP contribution in [0.25, 0.3) is 0 Å². The summed E-state index contributed by atoms with van der Waals surface area (Å²) < 4.78 is 66.3. The van der Waals surface area contributed by atoms with Gasteiger partial charge in [-0.05, 0) is 72.4 Å². The zero-order chi connectivity index (χ0) is 26.0. The number of nitrogens with zero attached hydrogens (tertiary/aromatic N) is 2. The summed E-state index contributed by atoms with van der Waals surface area (Å²) in [6, 6.07) is 13.4. The first-order valence-electron chi connectivity index (χ1n) is 10.6. The molecule has 3 aromatic rings. The number of anilines is 2. The molecule has 1 N–H and O–H groups in total. The summed E-state index contributed by atoms with van der Waals surface area (Å²) in [6.45, 7) is 0.00874. The van der Waals surface area contributed by atoms with Crippen molar-refractivity contribution in [3.8, 4) is 0 Å². The molecule has 1 fully saturated rings. The standard InChI is InChI=1S/C25H18F5N3O2S/c26-17-6-4-15(5-7-17)14-32-21(13-22(34)31-19-10-8-18(27)9-11-19)23(35)33(24(32)36)20-3-1-2-16(12-20)25(28,29)30/h1-12,21H,13-14H2,(H,31,34). The first-order valence-corrected chi connectivity index (χ1v) is 11.1. The van der Waals surface area contributed by atoms with E-state index in [0.717, 1.165) is 35.2 Å². The molecule has 4 rings (SSSR count). The summed E-state index contributed by atoms with van der Waals surface area (Å²) >= 11 is 5.46. The maximum Gasteiger partial charge on any atom is 0.416 e. The third kappa shape index (κ3) is 5.51. The number of amides is 2. The topological polar surface area (TPSA) is 52.7 Å². The van der Waals surface area contributed by atoms with Crippen molar-refractivity contribution in [1.29, 1.82) is 0 Å². The number of carbonyl (C=O) groups is 2. The highest BCUT2D eigenvalue weighted by Gasteiger charge is 2.44. The lowest BCUT2D eigenvalue weighted by atomic mass is 10.1. The summed E-state index contributed by atoms with van der Waals surface area (Å²) in [5.41, 5.74) is -0.181. The molecule has 0 radical (unpaired) electrons. The molecule has 0 spiro atoms. The highest BCUT2D eigenvalue weighted by molar-refractivity contribution is 7.80. The Labute approximate surface area is 208 Å². The van der Waals surface area contributed by atoms with Crippen LogP contribution < -0.4 is 10.2 Å². The Morgan fingerprint density at radius 3 is 2.17 bits per heavy atom. The van der Waals surface area contributed by atoms with Gasteiger partial charge in [-0.25, -0.2) is 8.78 Å². The normalized spacial score (nSPS) is 16.0. The Morgan fingerprint density at radius 1 is 0.944 bits per heavy atom. The van der Waals surface area contributed by atoms with E-state index in [4.69, 9.17) is 12.2 Å². The van der Waals surface area contributed by atoms with Crippen LogP contribution in [0.15, 0.2) is 72.8 Å². The molecule has 1 aliphatic heterocycles. The number of benzene rings is 3. The van der Waals surface area contributed by atoms with E-state index < -0.39 is 41.2 Å². The number of nitrogens with one attached hydrogen (secondary N) is 1. The molecule has 36 heavy (non-hydrogen) atoms. The molecular weight excluding hydrogens is 501 g/mol. The molecule has 5 nitrogen and oxygen atoms in total. The van der Waals surface area contributed by atoms with Gasteiger partial charge in [0.05, 0.1) is 17.7 Å².